The second kappa shape index (κ2) is 6.90. The van der Waals surface area contributed by atoms with Crippen molar-refractivity contribution < 1.29 is 9.90 Å². The molecule has 1 aliphatic heterocycles. The number of carbonyl (C=O) groups excluding carboxylic acids is 1. The predicted molar refractivity (Wildman–Crippen MR) is 88.4 cm³/mol. The molecule has 0 aromatic heterocycles. The van der Waals surface area contributed by atoms with Crippen LogP contribution in [0.4, 0.5) is 5.69 Å². The number of carbonyl (C=O) groups is 1. The normalized spacial score (nSPS) is 23.6. The molecule has 1 atom stereocenters. The molecular formula is C16H23BrN2O2. The third kappa shape index (κ3) is 5.09. The number of anilines is 1. The number of amides is 1. The zero-order chi connectivity index (χ0) is 15.5. The molecule has 1 amide bonds. The standard InChI is InChI=1S/C16H23BrN2O2/c1-12-4-5-14(13(17)10-12)18-15(20)11-19-8-3-6-16(2,21)7-9-19/h4-5,10,21H,3,6-9,11H2,1-2H3,(H,18,20). The Hall–Kier alpha value is -0.910. The van der Waals surface area contributed by atoms with Gasteiger partial charge in [0, 0.05) is 11.0 Å². The summed E-state index contributed by atoms with van der Waals surface area (Å²) in [6.45, 7) is 5.88. The molecular weight excluding hydrogens is 332 g/mol. The third-order valence-corrected chi connectivity index (χ3v) is 4.58. The predicted octanol–water partition coefficient (Wildman–Crippen LogP) is 2.93. The van der Waals surface area contributed by atoms with E-state index in [1.807, 2.05) is 32.0 Å². The minimum Gasteiger partial charge on any atom is -0.390 e. The molecule has 5 heteroatoms. The molecule has 21 heavy (non-hydrogen) atoms. The maximum atomic E-state index is 12.2. The summed E-state index contributed by atoms with van der Waals surface area (Å²) in [6, 6.07) is 5.87. The Kier molecular flexibility index (Phi) is 5.41. The number of halogens is 1. The summed E-state index contributed by atoms with van der Waals surface area (Å²) in [5, 5.41) is 13.0. The van der Waals surface area contributed by atoms with Crippen molar-refractivity contribution in [1.29, 1.82) is 0 Å². The zero-order valence-electron chi connectivity index (χ0n) is 12.7. The van der Waals surface area contributed by atoms with Gasteiger partial charge in [0.15, 0.2) is 0 Å². The zero-order valence-corrected chi connectivity index (χ0v) is 14.2. The number of likely N-dealkylation sites (tertiary alicyclic amines) is 1. The van der Waals surface area contributed by atoms with E-state index in [0.29, 0.717) is 13.0 Å². The van der Waals surface area contributed by atoms with Crippen LogP contribution in [0.1, 0.15) is 31.7 Å². The average Bonchev–Trinajstić information content (AvgIpc) is 2.54. The lowest BCUT2D eigenvalue weighted by Crippen LogP contribution is -2.35. The highest BCUT2D eigenvalue weighted by atomic mass is 79.9. The van der Waals surface area contributed by atoms with Gasteiger partial charge in [-0.05, 0) is 73.3 Å². The summed E-state index contributed by atoms with van der Waals surface area (Å²) in [6.07, 6.45) is 2.44. The first kappa shape index (κ1) is 16.5. The fraction of sp³-hybridized carbons (Fsp3) is 0.562. The van der Waals surface area contributed by atoms with Crippen molar-refractivity contribution in [2.45, 2.75) is 38.7 Å². The Bertz CT molecular complexity index is 517. The van der Waals surface area contributed by atoms with Gasteiger partial charge in [-0.25, -0.2) is 0 Å². The molecule has 1 saturated heterocycles. The molecule has 1 aromatic carbocycles. The second-order valence-electron chi connectivity index (χ2n) is 6.16. The molecule has 116 valence electrons. The SMILES string of the molecule is Cc1ccc(NC(=O)CN2CCCC(C)(O)CC2)c(Br)c1. The van der Waals surface area contributed by atoms with Crippen molar-refractivity contribution >= 4 is 27.5 Å². The highest BCUT2D eigenvalue weighted by molar-refractivity contribution is 9.10. The first-order chi connectivity index (χ1) is 9.85. The molecule has 1 aromatic rings. The molecule has 1 aliphatic rings. The van der Waals surface area contributed by atoms with E-state index in [2.05, 4.69) is 26.1 Å². The van der Waals surface area contributed by atoms with E-state index >= 15 is 0 Å². The van der Waals surface area contributed by atoms with Crippen LogP contribution in [0.2, 0.25) is 0 Å². The van der Waals surface area contributed by atoms with Crippen LogP contribution in [0.3, 0.4) is 0 Å². The first-order valence-corrected chi connectivity index (χ1v) is 8.16. The van der Waals surface area contributed by atoms with Gasteiger partial charge in [-0.2, -0.15) is 0 Å². The van der Waals surface area contributed by atoms with Gasteiger partial charge in [-0.3, -0.25) is 9.69 Å². The maximum Gasteiger partial charge on any atom is 0.238 e. The number of hydrogen-bond acceptors (Lipinski definition) is 3. The number of nitrogens with zero attached hydrogens (tertiary/aromatic N) is 1. The van der Waals surface area contributed by atoms with Crippen LogP contribution in [0.25, 0.3) is 0 Å². The van der Waals surface area contributed by atoms with E-state index in [4.69, 9.17) is 0 Å². The Balaban J connectivity index is 1.89. The van der Waals surface area contributed by atoms with E-state index in [-0.39, 0.29) is 5.91 Å². The van der Waals surface area contributed by atoms with Gasteiger partial charge in [0.2, 0.25) is 5.91 Å². The number of nitrogens with one attached hydrogen (secondary N) is 1. The third-order valence-electron chi connectivity index (χ3n) is 3.92. The second-order valence-corrected chi connectivity index (χ2v) is 7.01. The molecule has 2 N–H and O–H groups in total. The minimum atomic E-state index is -0.592. The molecule has 1 unspecified atom stereocenters. The lowest BCUT2D eigenvalue weighted by atomic mass is 9.98. The average molecular weight is 355 g/mol. The van der Waals surface area contributed by atoms with Crippen LogP contribution in [0, 0.1) is 6.92 Å². The van der Waals surface area contributed by atoms with Gasteiger partial charge in [-0.1, -0.05) is 6.07 Å². The van der Waals surface area contributed by atoms with E-state index < -0.39 is 5.60 Å². The van der Waals surface area contributed by atoms with Crippen molar-refractivity contribution in [2.24, 2.45) is 0 Å². The Morgan fingerprint density at radius 2 is 2.19 bits per heavy atom. The fourth-order valence-corrected chi connectivity index (χ4v) is 3.18. The molecule has 0 radical (unpaired) electrons. The molecule has 1 heterocycles. The highest BCUT2D eigenvalue weighted by Gasteiger charge is 2.25. The topological polar surface area (TPSA) is 52.6 Å². The molecule has 1 fully saturated rings. The van der Waals surface area contributed by atoms with E-state index in [0.717, 1.165) is 41.7 Å². The van der Waals surface area contributed by atoms with Gasteiger partial charge in [0.05, 0.1) is 17.8 Å². The largest absolute Gasteiger partial charge is 0.390 e. The van der Waals surface area contributed by atoms with E-state index in [1.165, 1.54) is 0 Å². The summed E-state index contributed by atoms with van der Waals surface area (Å²) < 4.78 is 0.898. The summed E-state index contributed by atoms with van der Waals surface area (Å²) in [7, 11) is 0. The number of rotatable bonds is 3. The molecule has 0 spiro atoms. The number of aliphatic hydroxyl groups is 1. The maximum absolute atomic E-state index is 12.2. The van der Waals surface area contributed by atoms with Crippen LogP contribution in [0.5, 0.6) is 0 Å². The van der Waals surface area contributed by atoms with Gasteiger partial charge < -0.3 is 10.4 Å². The van der Waals surface area contributed by atoms with Gasteiger partial charge >= 0.3 is 0 Å². The Labute approximate surface area is 134 Å². The Morgan fingerprint density at radius 3 is 2.90 bits per heavy atom. The molecule has 4 nitrogen and oxygen atoms in total. The van der Waals surface area contributed by atoms with Crippen molar-refractivity contribution in [1.82, 2.24) is 4.90 Å². The minimum absolute atomic E-state index is 0.0129. The van der Waals surface area contributed by atoms with Crippen LogP contribution in [-0.2, 0) is 4.79 Å². The number of hydrogen-bond donors (Lipinski definition) is 2. The van der Waals surface area contributed by atoms with Gasteiger partial charge in [0.1, 0.15) is 0 Å². The fourth-order valence-electron chi connectivity index (χ4n) is 2.59. The van der Waals surface area contributed by atoms with Crippen LogP contribution in [-0.4, -0.2) is 41.1 Å². The molecule has 0 saturated carbocycles. The van der Waals surface area contributed by atoms with Crippen LogP contribution in [0.15, 0.2) is 22.7 Å². The monoisotopic (exact) mass is 354 g/mol. The van der Waals surface area contributed by atoms with Crippen molar-refractivity contribution in [3.05, 3.63) is 28.2 Å². The first-order valence-electron chi connectivity index (χ1n) is 7.36. The van der Waals surface area contributed by atoms with Crippen molar-refractivity contribution in [3.8, 4) is 0 Å². The smallest absolute Gasteiger partial charge is 0.238 e. The lowest BCUT2D eigenvalue weighted by Gasteiger charge is -2.22. The van der Waals surface area contributed by atoms with Crippen molar-refractivity contribution in [3.63, 3.8) is 0 Å². The van der Waals surface area contributed by atoms with E-state index in [9.17, 15) is 9.90 Å². The Morgan fingerprint density at radius 1 is 1.43 bits per heavy atom. The van der Waals surface area contributed by atoms with E-state index in [1.54, 1.807) is 0 Å². The molecule has 0 aliphatic carbocycles. The summed E-state index contributed by atoms with van der Waals surface area (Å²) >= 11 is 3.47. The summed E-state index contributed by atoms with van der Waals surface area (Å²) in [5.74, 6) is -0.0129. The van der Waals surface area contributed by atoms with Crippen molar-refractivity contribution in [2.75, 3.05) is 25.0 Å². The number of benzene rings is 1. The van der Waals surface area contributed by atoms with Gasteiger partial charge in [0.25, 0.3) is 0 Å². The van der Waals surface area contributed by atoms with Gasteiger partial charge in [-0.15, -0.1) is 0 Å². The number of aryl methyl sites for hydroxylation is 1. The quantitative estimate of drug-likeness (QED) is 0.877. The van der Waals surface area contributed by atoms with Crippen LogP contribution < -0.4 is 5.32 Å². The molecule has 2 rings (SSSR count). The molecule has 0 bridgehead atoms. The summed E-state index contributed by atoms with van der Waals surface area (Å²) in [4.78, 5) is 14.3. The lowest BCUT2D eigenvalue weighted by molar-refractivity contribution is -0.117. The summed E-state index contributed by atoms with van der Waals surface area (Å²) in [5.41, 5.74) is 1.35. The highest BCUT2D eigenvalue weighted by Crippen LogP contribution is 2.24. The van der Waals surface area contributed by atoms with Crippen LogP contribution >= 0.6 is 15.9 Å².